The van der Waals surface area contributed by atoms with Crippen molar-refractivity contribution < 1.29 is 18.9 Å². The quantitative estimate of drug-likeness (QED) is 0.719. The van der Waals surface area contributed by atoms with Crippen LogP contribution in [0.4, 0.5) is 0 Å². The van der Waals surface area contributed by atoms with Crippen molar-refractivity contribution in [1.29, 1.82) is 0 Å². The molecule has 15 heavy (non-hydrogen) atoms. The number of rotatable bonds is 3. The van der Waals surface area contributed by atoms with Crippen molar-refractivity contribution in [1.82, 2.24) is 0 Å². The fraction of sp³-hybridized carbons (Fsp3) is 1.00. The van der Waals surface area contributed by atoms with Gasteiger partial charge in [0, 0.05) is 6.61 Å². The molecule has 2 rings (SSSR count). The van der Waals surface area contributed by atoms with Crippen molar-refractivity contribution in [3.8, 4) is 0 Å². The molecule has 0 spiro atoms. The maximum atomic E-state index is 5.64. The van der Waals surface area contributed by atoms with Gasteiger partial charge in [-0.05, 0) is 33.1 Å². The third kappa shape index (κ3) is 3.41. The number of ether oxygens (including phenoxy) is 4. The molecular weight excluding hydrogens is 196 g/mol. The predicted molar refractivity (Wildman–Crippen MR) is 54.4 cm³/mol. The molecule has 0 aromatic carbocycles. The summed E-state index contributed by atoms with van der Waals surface area (Å²) < 4.78 is 22.2. The highest BCUT2D eigenvalue weighted by atomic mass is 16.8. The maximum absolute atomic E-state index is 5.64. The third-order valence-corrected chi connectivity index (χ3v) is 2.67. The van der Waals surface area contributed by atoms with E-state index in [0.717, 1.165) is 19.4 Å². The van der Waals surface area contributed by atoms with Gasteiger partial charge in [-0.3, -0.25) is 0 Å². The molecule has 2 atom stereocenters. The first kappa shape index (κ1) is 11.3. The van der Waals surface area contributed by atoms with Crippen LogP contribution >= 0.6 is 0 Å². The first-order valence-corrected chi connectivity index (χ1v) is 5.71. The zero-order chi connectivity index (χ0) is 10.7. The molecule has 4 heteroatoms. The van der Waals surface area contributed by atoms with Crippen LogP contribution in [0.15, 0.2) is 0 Å². The van der Waals surface area contributed by atoms with Crippen LogP contribution in [-0.4, -0.2) is 38.0 Å². The van der Waals surface area contributed by atoms with Gasteiger partial charge in [-0.1, -0.05) is 0 Å². The molecule has 0 aromatic rings. The molecule has 0 radical (unpaired) electrons. The van der Waals surface area contributed by atoms with Crippen molar-refractivity contribution >= 4 is 0 Å². The molecule has 0 aromatic heterocycles. The summed E-state index contributed by atoms with van der Waals surface area (Å²) in [7, 11) is 0. The summed E-state index contributed by atoms with van der Waals surface area (Å²) in [6, 6.07) is 0. The monoisotopic (exact) mass is 216 g/mol. The van der Waals surface area contributed by atoms with Gasteiger partial charge >= 0.3 is 0 Å². The highest BCUT2D eigenvalue weighted by molar-refractivity contribution is 4.70. The van der Waals surface area contributed by atoms with Crippen molar-refractivity contribution in [3.05, 3.63) is 0 Å². The smallest absolute Gasteiger partial charge is 0.163 e. The summed E-state index contributed by atoms with van der Waals surface area (Å²) in [6.07, 6.45) is 3.35. The van der Waals surface area contributed by atoms with E-state index in [1.165, 1.54) is 6.42 Å². The Kier molecular flexibility index (Phi) is 3.61. The lowest BCUT2D eigenvalue weighted by Gasteiger charge is -2.24. The number of hydrogen-bond acceptors (Lipinski definition) is 4. The minimum absolute atomic E-state index is 0.0361. The van der Waals surface area contributed by atoms with Gasteiger partial charge in [0.25, 0.3) is 0 Å². The van der Waals surface area contributed by atoms with E-state index < -0.39 is 5.79 Å². The molecule has 2 aliphatic rings. The zero-order valence-electron chi connectivity index (χ0n) is 9.53. The van der Waals surface area contributed by atoms with Crippen LogP contribution in [0.1, 0.15) is 33.1 Å². The highest BCUT2D eigenvalue weighted by Gasteiger charge is 2.33. The fourth-order valence-corrected chi connectivity index (χ4v) is 1.90. The SMILES string of the molecule is CC1(C)OCC(COC2CCCCO2)O1. The van der Waals surface area contributed by atoms with Gasteiger partial charge in [0.15, 0.2) is 12.1 Å². The molecule has 0 saturated carbocycles. The second kappa shape index (κ2) is 4.78. The molecular formula is C11H20O4. The van der Waals surface area contributed by atoms with Gasteiger partial charge in [0.2, 0.25) is 0 Å². The second-order valence-electron chi connectivity index (χ2n) is 4.58. The third-order valence-electron chi connectivity index (χ3n) is 2.67. The standard InChI is InChI=1S/C11H20O4/c1-11(2)14-8-9(15-11)7-13-10-5-3-4-6-12-10/h9-10H,3-8H2,1-2H3. The topological polar surface area (TPSA) is 36.9 Å². The van der Waals surface area contributed by atoms with Crippen molar-refractivity contribution in [3.63, 3.8) is 0 Å². The molecule has 4 nitrogen and oxygen atoms in total. The lowest BCUT2D eigenvalue weighted by atomic mass is 10.2. The summed E-state index contributed by atoms with van der Waals surface area (Å²) in [5.41, 5.74) is 0. The summed E-state index contributed by atoms with van der Waals surface area (Å²) in [5.74, 6) is -0.457. The van der Waals surface area contributed by atoms with Gasteiger partial charge in [0.05, 0.1) is 13.2 Å². The summed E-state index contributed by atoms with van der Waals surface area (Å²) in [6.45, 7) is 5.83. The first-order chi connectivity index (χ1) is 7.16. The molecule has 0 aliphatic carbocycles. The summed E-state index contributed by atoms with van der Waals surface area (Å²) in [5, 5.41) is 0. The minimum Gasteiger partial charge on any atom is -0.353 e. The molecule has 0 amide bonds. The Morgan fingerprint density at radius 3 is 2.80 bits per heavy atom. The van der Waals surface area contributed by atoms with E-state index in [0.29, 0.717) is 13.2 Å². The van der Waals surface area contributed by atoms with Crippen LogP contribution in [0, 0.1) is 0 Å². The van der Waals surface area contributed by atoms with Crippen LogP contribution < -0.4 is 0 Å². The Bertz CT molecular complexity index is 199. The van der Waals surface area contributed by atoms with Crippen LogP contribution in [0.25, 0.3) is 0 Å². The molecule has 2 saturated heterocycles. The number of hydrogen-bond donors (Lipinski definition) is 0. The van der Waals surface area contributed by atoms with Gasteiger partial charge in [-0.25, -0.2) is 0 Å². The molecule has 2 unspecified atom stereocenters. The van der Waals surface area contributed by atoms with Gasteiger partial charge < -0.3 is 18.9 Å². The zero-order valence-corrected chi connectivity index (χ0v) is 9.53. The first-order valence-electron chi connectivity index (χ1n) is 5.71. The van der Waals surface area contributed by atoms with Gasteiger partial charge in [0.1, 0.15) is 6.10 Å². The fourth-order valence-electron chi connectivity index (χ4n) is 1.90. The lowest BCUT2D eigenvalue weighted by molar-refractivity contribution is -0.189. The molecule has 88 valence electrons. The van der Waals surface area contributed by atoms with Crippen LogP contribution in [0.5, 0.6) is 0 Å². The normalized spacial score (nSPS) is 35.6. The Hall–Kier alpha value is -0.160. The Morgan fingerprint density at radius 2 is 2.20 bits per heavy atom. The van der Waals surface area contributed by atoms with E-state index in [1.807, 2.05) is 13.8 Å². The Labute approximate surface area is 90.8 Å². The molecule has 0 N–H and O–H groups in total. The van der Waals surface area contributed by atoms with E-state index >= 15 is 0 Å². The largest absolute Gasteiger partial charge is 0.353 e. The van der Waals surface area contributed by atoms with Crippen molar-refractivity contribution in [2.45, 2.75) is 51.3 Å². The Morgan fingerprint density at radius 1 is 1.33 bits per heavy atom. The molecule has 2 fully saturated rings. The molecule has 2 heterocycles. The van der Waals surface area contributed by atoms with E-state index in [9.17, 15) is 0 Å². The lowest BCUT2D eigenvalue weighted by Crippen LogP contribution is -2.29. The van der Waals surface area contributed by atoms with Gasteiger partial charge in [-0.2, -0.15) is 0 Å². The molecule has 0 bridgehead atoms. The van der Waals surface area contributed by atoms with E-state index in [-0.39, 0.29) is 12.4 Å². The van der Waals surface area contributed by atoms with Gasteiger partial charge in [-0.15, -0.1) is 0 Å². The summed E-state index contributed by atoms with van der Waals surface area (Å²) >= 11 is 0. The maximum Gasteiger partial charge on any atom is 0.163 e. The predicted octanol–water partition coefficient (Wildman–Crippen LogP) is 1.68. The van der Waals surface area contributed by atoms with E-state index in [2.05, 4.69) is 0 Å². The summed E-state index contributed by atoms with van der Waals surface area (Å²) in [4.78, 5) is 0. The average molecular weight is 216 g/mol. The average Bonchev–Trinajstić information content (AvgIpc) is 2.57. The van der Waals surface area contributed by atoms with Crippen LogP contribution in [-0.2, 0) is 18.9 Å². The van der Waals surface area contributed by atoms with Crippen molar-refractivity contribution in [2.75, 3.05) is 19.8 Å². The van der Waals surface area contributed by atoms with E-state index in [1.54, 1.807) is 0 Å². The minimum atomic E-state index is -0.457. The van der Waals surface area contributed by atoms with Crippen molar-refractivity contribution in [2.24, 2.45) is 0 Å². The Balaban J connectivity index is 1.65. The highest BCUT2D eigenvalue weighted by Crippen LogP contribution is 2.23. The second-order valence-corrected chi connectivity index (χ2v) is 4.58. The van der Waals surface area contributed by atoms with Crippen LogP contribution in [0.3, 0.4) is 0 Å². The molecule has 2 aliphatic heterocycles. The van der Waals surface area contributed by atoms with Crippen LogP contribution in [0.2, 0.25) is 0 Å². The van der Waals surface area contributed by atoms with E-state index in [4.69, 9.17) is 18.9 Å².